The molecule has 1 heterocycles. The summed E-state index contributed by atoms with van der Waals surface area (Å²) in [4.78, 5) is 12.7. The number of ether oxygens (including phenoxy) is 1. The molecular weight excluding hydrogens is 248 g/mol. The van der Waals surface area contributed by atoms with Gasteiger partial charge in [0.05, 0.1) is 4.99 Å². The molecule has 0 aromatic carbocycles. The Kier molecular flexibility index (Phi) is 5.53. The van der Waals surface area contributed by atoms with Crippen LogP contribution in [0.5, 0.6) is 0 Å². The van der Waals surface area contributed by atoms with E-state index in [2.05, 4.69) is 19.2 Å². The van der Waals surface area contributed by atoms with Crippen LogP contribution in [0.4, 0.5) is 0 Å². The Balaban J connectivity index is 2.69. The number of carbonyl (C=O) groups is 1. The molecule has 0 radical (unpaired) electrons. The first-order valence-electron chi connectivity index (χ1n) is 6.57. The SMILES string of the molecule is CC(C)CC(C)NC(=O)C1(C(N)=S)CCOCC1. The van der Waals surface area contributed by atoms with Gasteiger partial charge in [0, 0.05) is 19.3 Å². The molecule has 0 spiro atoms. The monoisotopic (exact) mass is 272 g/mol. The molecule has 18 heavy (non-hydrogen) atoms. The Morgan fingerprint density at radius 1 is 1.39 bits per heavy atom. The second-order valence-corrected chi connectivity index (χ2v) is 6.00. The summed E-state index contributed by atoms with van der Waals surface area (Å²) in [6.45, 7) is 7.39. The molecule has 1 amide bonds. The summed E-state index contributed by atoms with van der Waals surface area (Å²) in [5.41, 5.74) is 5.09. The maximum absolute atomic E-state index is 12.4. The van der Waals surface area contributed by atoms with Crippen LogP contribution >= 0.6 is 12.2 Å². The number of carbonyl (C=O) groups excluding carboxylic acids is 1. The predicted molar refractivity (Wildman–Crippen MR) is 76.3 cm³/mol. The molecule has 1 rings (SSSR count). The van der Waals surface area contributed by atoms with Crippen molar-refractivity contribution in [3.05, 3.63) is 0 Å². The van der Waals surface area contributed by atoms with Crippen molar-refractivity contribution >= 4 is 23.1 Å². The quantitative estimate of drug-likeness (QED) is 0.747. The van der Waals surface area contributed by atoms with Crippen LogP contribution in [0.3, 0.4) is 0 Å². The topological polar surface area (TPSA) is 64.4 Å². The summed E-state index contributed by atoms with van der Waals surface area (Å²) < 4.78 is 5.30. The molecule has 3 N–H and O–H groups in total. The molecule has 1 aliphatic heterocycles. The van der Waals surface area contributed by atoms with E-state index >= 15 is 0 Å². The average molecular weight is 272 g/mol. The lowest BCUT2D eigenvalue weighted by atomic mass is 9.79. The first-order chi connectivity index (χ1) is 8.38. The lowest BCUT2D eigenvalue weighted by Gasteiger charge is -2.35. The van der Waals surface area contributed by atoms with E-state index in [0.717, 1.165) is 6.42 Å². The molecule has 104 valence electrons. The van der Waals surface area contributed by atoms with Gasteiger partial charge in [0.2, 0.25) is 5.91 Å². The minimum absolute atomic E-state index is 0.0357. The van der Waals surface area contributed by atoms with E-state index in [-0.39, 0.29) is 11.9 Å². The molecule has 0 aromatic heterocycles. The maximum atomic E-state index is 12.4. The highest BCUT2D eigenvalue weighted by molar-refractivity contribution is 7.80. The standard InChI is InChI=1S/C13H24N2O2S/c1-9(2)8-10(3)15-12(16)13(11(14)18)4-6-17-7-5-13/h9-10H,4-8H2,1-3H3,(H2,14,18)(H,15,16). The van der Waals surface area contributed by atoms with Gasteiger partial charge < -0.3 is 15.8 Å². The van der Waals surface area contributed by atoms with E-state index in [4.69, 9.17) is 22.7 Å². The minimum Gasteiger partial charge on any atom is -0.392 e. The van der Waals surface area contributed by atoms with E-state index in [0.29, 0.717) is 37.0 Å². The fourth-order valence-electron chi connectivity index (χ4n) is 2.43. The molecule has 1 fully saturated rings. The smallest absolute Gasteiger partial charge is 0.233 e. The maximum Gasteiger partial charge on any atom is 0.233 e. The third kappa shape index (κ3) is 3.65. The normalized spacial score (nSPS) is 20.4. The van der Waals surface area contributed by atoms with Crippen LogP contribution in [-0.4, -0.2) is 30.2 Å². The lowest BCUT2D eigenvalue weighted by Crippen LogP contribution is -2.53. The number of hydrogen-bond donors (Lipinski definition) is 2. The van der Waals surface area contributed by atoms with Crippen LogP contribution < -0.4 is 11.1 Å². The predicted octanol–water partition coefficient (Wildman–Crippen LogP) is 1.62. The zero-order valence-corrected chi connectivity index (χ0v) is 12.3. The largest absolute Gasteiger partial charge is 0.392 e. The highest BCUT2D eigenvalue weighted by Gasteiger charge is 2.43. The van der Waals surface area contributed by atoms with Crippen LogP contribution in [0.15, 0.2) is 0 Å². The summed E-state index contributed by atoms with van der Waals surface area (Å²) >= 11 is 5.11. The molecule has 0 aromatic rings. The van der Waals surface area contributed by atoms with Crippen molar-refractivity contribution in [3.8, 4) is 0 Å². The van der Waals surface area contributed by atoms with Crippen molar-refractivity contribution in [2.45, 2.75) is 46.1 Å². The van der Waals surface area contributed by atoms with Crippen LogP contribution in [0.25, 0.3) is 0 Å². The fraction of sp³-hybridized carbons (Fsp3) is 0.846. The molecule has 1 saturated heterocycles. The zero-order valence-electron chi connectivity index (χ0n) is 11.5. The Labute approximate surface area is 115 Å². The number of amides is 1. The van der Waals surface area contributed by atoms with E-state index < -0.39 is 5.41 Å². The van der Waals surface area contributed by atoms with Gasteiger partial charge in [0.1, 0.15) is 5.41 Å². The molecule has 1 atom stereocenters. The van der Waals surface area contributed by atoms with Crippen molar-refractivity contribution in [1.29, 1.82) is 0 Å². The van der Waals surface area contributed by atoms with Crippen LogP contribution in [0.1, 0.15) is 40.0 Å². The fourth-order valence-corrected chi connectivity index (χ4v) is 2.73. The van der Waals surface area contributed by atoms with Gasteiger partial charge in [-0.25, -0.2) is 0 Å². The third-order valence-electron chi connectivity index (χ3n) is 3.46. The number of rotatable bonds is 5. The Morgan fingerprint density at radius 3 is 2.39 bits per heavy atom. The highest BCUT2D eigenvalue weighted by Crippen LogP contribution is 2.31. The summed E-state index contributed by atoms with van der Waals surface area (Å²) in [6.07, 6.45) is 2.13. The molecule has 0 aliphatic carbocycles. The van der Waals surface area contributed by atoms with Gasteiger partial charge in [-0.15, -0.1) is 0 Å². The van der Waals surface area contributed by atoms with Gasteiger partial charge in [-0.05, 0) is 32.1 Å². The van der Waals surface area contributed by atoms with Crippen molar-refractivity contribution < 1.29 is 9.53 Å². The summed E-state index contributed by atoms with van der Waals surface area (Å²) in [5.74, 6) is 0.516. The van der Waals surface area contributed by atoms with Gasteiger partial charge in [0.15, 0.2) is 0 Å². The first kappa shape index (κ1) is 15.4. The second-order valence-electron chi connectivity index (χ2n) is 5.56. The number of nitrogens with two attached hydrogens (primary N) is 1. The van der Waals surface area contributed by atoms with Gasteiger partial charge in [-0.2, -0.15) is 0 Å². The van der Waals surface area contributed by atoms with Crippen molar-refractivity contribution in [1.82, 2.24) is 5.32 Å². The molecular formula is C13H24N2O2S. The molecule has 0 saturated carbocycles. The van der Waals surface area contributed by atoms with Crippen molar-refractivity contribution in [2.75, 3.05) is 13.2 Å². The molecule has 1 unspecified atom stereocenters. The van der Waals surface area contributed by atoms with Gasteiger partial charge in [0.25, 0.3) is 0 Å². The molecule has 0 bridgehead atoms. The number of nitrogens with one attached hydrogen (secondary N) is 1. The molecule has 5 heteroatoms. The number of hydrogen-bond acceptors (Lipinski definition) is 3. The van der Waals surface area contributed by atoms with Crippen LogP contribution in [0, 0.1) is 11.3 Å². The van der Waals surface area contributed by atoms with Gasteiger partial charge in [-0.1, -0.05) is 26.1 Å². The van der Waals surface area contributed by atoms with Gasteiger partial charge >= 0.3 is 0 Å². The minimum atomic E-state index is -0.710. The van der Waals surface area contributed by atoms with E-state index in [1.54, 1.807) is 0 Å². The zero-order chi connectivity index (χ0) is 13.8. The van der Waals surface area contributed by atoms with Crippen LogP contribution in [0.2, 0.25) is 0 Å². The van der Waals surface area contributed by atoms with E-state index in [1.165, 1.54) is 0 Å². The average Bonchev–Trinajstić information content (AvgIpc) is 2.28. The second kappa shape index (κ2) is 6.48. The van der Waals surface area contributed by atoms with E-state index in [9.17, 15) is 4.79 Å². The van der Waals surface area contributed by atoms with Crippen LogP contribution in [-0.2, 0) is 9.53 Å². The Bertz CT molecular complexity index is 312. The van der Waals surface area contributed by atoms with Gasteiger partial charge in [-0.3, -0.25) is 4.79 Å². The first-order valence-corrected chi connectivity index (χ1v) is 6.98. The lowest BCUT2D eigenvalue weighted by molar-refractivity contribution is -0.132. The Hall–Kier alpha value is -0.680. The summed E-state index contributed by atoms with van der Waals surface area (Å²) in [7, 11) is 0. The van der Waals surface area contributed by atoms with Crippen molar-refractivity contribution in [3.63, 3.8) is 0 Å². The van der Waals surface area contributed by atoms with Crippen molar-refractivity contribution in [2.24, 2.45) is 17.1 Å². The molecule has 1 aliphatic rings. The van der Waals surface area contributed by atoms with E-state index in [1.807, 2.05) is 6.92 Å². The molecule has 4 nitrogen and oxygen atoms in total. The third-order valence-corrected chi connectivity index (χ3v) is 3.85. The summed E-state index contributed by atoms with van der Waals surface area (Å²) in [6, 6.07) is 0.145. The number of thiocarbonyl (C=S) groups is 1. The summed E-state index contributed by atoms with van der Waals surface area (Å²) in [5, 5.41) is 3.04. The highest BCUT2D eigenvalue weighted by atomic mass is 32.1. The Morgan fingerprint density at radius 2 is 1.94 bits per heavy atom.